The smallest absolute Gasteiger partial charge is 0.363 e. The first-order valence-corrected chi connectivity index (χ1v) is 9.86. The summed E-state index contributed by atoms with van der Waals surface area (Å²) < 4.78 is 16.1. The molecule has 0 radical (unpaired) electrons. The van der Waals surface area contributed by atoms with Crippen LogP contribution in [0.4, 0.5) is 0 Å². The van der Waals surface area contributed by atoms with Crippen LogP contribution in [0, 0.1) is 5.92 Å². The van der Waals surface area contributed by atoms with Gasteiger partial charge in [0.15, 0.2) is 17.2 Å². The molecule has 0 saturated heterocycles. The molecule has 6 heteroatoms. The number of fused-ring (bicyclic) bond motifs is 1. The Morgan fingerprint density at radius 3 is 2.58 bits per heavy atom. The highest BCUT2D eigenvalue weighted by atomic mass is 16.6. The van der Waals surface area contributed by atoms with Crippen LogP contribution in [0.5, 0.6) is 11.5 Å². The van der Waals surface area contributed by atoms with E-state index in [4.69, 9.17) is 14.2 Å². The van der Waals surface area contributed by atoms with Crippen LogP contribution < -0.4 is 9.47 Å². The van der Waals surface area contributed by atoms with Crippen LogP contribution in [-0.2, 0) is 14.3 Å². The number of nitrogens with zero attached hydrogens (tertiary/aromatic N) is 1. The maximum atomic E-state index is 12.5. The zero-order chi connectivity index (χ0) is 22.0. The Kier molecular flexibility index (Phi) is 5.54. The average Bonchev–Trinajstić information content (AvgIpc) is 3.13. The summed E-state index contributed by atoms with van der Waals surface area (Å²) in [6.07, 6.45) is 1.59. The quantitative estimate of drug-likeness (QED) is 0.341. The van der Waals surface area contributed by atoms with E-state index >= 15 is 0 Å². The second-order valence-corrected chi connectivity index (χ2v) is 7.35. The molecule has 6 nitrogen and oxygen atoms in total. The Balaban J connectivity index is 1.69. The molecule has 31 heavy (non-hydrogen) atoms. The van der Waals surface area contributed by atoms with Gasteiger partial charge in [0, 0.05) is 5.56 Å². The third-order valence-electron chi connectivity index (χ3n) is 4.81. The van der Waals surface area contributed by atoms with Crippen molar-refractivity contribution < 1.29 is 23.8 Å². The fourth-order valence-corrected chi connectivity index (χ4v) is 3.18. The van der Waals surface area contributed by atoms with Gasteiger partial charge in [-0.3, -0.25) is 4.79 Å². The lowest BCUT2D eigenvalue weighted by molar-refractivity contribution is -0.137. The van der Waals surface area contributed by atoms with Crippen LogP contribution in [0.15, 0.2) is 71.4 Å². The van der Waals surface area contributed by atoms with Crippen molar-refractivity contribution in [3.8, 4) is 11.5 Å². The monoisotopic (exact) mass is 415 g/mol. The van der Waals surface area contributed by atoms with E-state index in [-0.39, 0.29) is 29.2 Å². The highest BCUT2D eigenvalue weighted by molar-refractivity contribution is 6.17. The molecule has 0 bridgehead atoms. The summed E-state index contributed by atoms with van der Waals surface area (Å²) in [5.41, 5.74) is 1.53. The molecule has 3 aromatic carbocycles. The van der Waals surface area contributed by atoms with Crippen LogP contribution in [-0.4, -0.2) is 24.9 Å². The van der Waals surface area contributed by atoms with Gasteiger partial charge >= 0.3 is 11.9 Å². The molecule has 0 spiro atoms. The minimum atomic E-state index is -0.542. The number of hydrogen-bond acceptors (Lipinski definition) is 6. The molecule has 0 N–H and O–H groups in total. The van der Waals surface area contributed by atoms with Crippen LogP contribution in [0.25, 0.3) is 16.8 Å². The Morgan fingerprint density at radius 2 is 1.81 bits per heavy atom. The van der Waals surface area contributed by atoms with E-state index in [1.807, 2.05) is 42.5 Å². The lowest BCUT2D eigenvalue weighted by atomic mass is 10.0. The van der Waals surface area contributed by atoms with Crippen molar-refractivity contribution >= 4 is 34.7 Å². The van der Waals surface area contributed by atoms with Gasteiger partial charge in [0.05, 0.1) is 13.0 Å². The highest BCUT2D eigenvalue weighted by Gasteiger charge is 2.25. The number of esters is 2. The molecule has 0 aliphatic carbocycles. The van der Waals surface area contributed by atoms with Gasteiger partial charge in [-0.1, -0.05) is 56.3 Å². The number of ether oxygens (including phenoxy) is 3. The zero-order valence-electron chi connectivity index (χ0n) is 17.4. The first kappa shape index (κ1) is 20.3. The molecule has 0 fully saturated rings. The minimum Gasteiger partial charge on any atom is -0.493 e. The van der Waals surface area contributed by atoms with Gasteiger partial charge in [0.25, 0.3) is 0 Å². The van der Waals surface area contributed by atoms with Gasteiger partial charge in [-0.05, 0) is 40.6 Å². The molecule has 4 rings (SSSR count). The van der Waals surface area contributed by atoms with Gasteiger partial charge in [0.1, 0.15) is 0 Å². The molecule has 1 aliphatic rings. The molecule has 3 aromatic rings. The van der Waals surface area contributed by atoms with Gasteiger partial charge in [-0.2, -0.15) is 0 Å². The summed E-state index contributed by atoms with van der Waals surface area (Å²) in [5.74, 6) is -0.248. The summed E-state index contributed by atoms with van der Waals surface area (Å²) in [7, 11) is 1.50. The van der Waals surface area contributed by atoms with Gasteiger partial charge in [-0.15, -0.1) is 0 Å². The molecule has 156 valence electrons. The highest BCUT2D eigenvalue weighted by Crippen LogP contribution is 2.31. The van der Waals surface area contributed by atoms with Gasteiger partial charge in [0.2, 0.25) is 5.90 Å². The molecule has 0 unspecified atom stereocenters. The number of benzene rings is 3. The average molecular weight is 415 g/mol. The molecule has 0 aromatic heterocycles. The summed E-state index contributed by atoms with van der Waals surface area (Å²) in [6.45, 7) is 3.50. The van der Waals surface area contributed by atoms with Crippen LogP contribution in [0.3, 0.4) is 0 Å². The molecular weight excluding hydrogens is 394 g/mol. The Morgan fingerprint density at radius 1 is 1.03 bits per heavy atom. The van der Waals surface area contributed by atoms with E-state index in [1.54, 1.807) is 38.1 Å². The van der Waals surface area contributed by atoms with Crippen molar-refractivity contribution in [2.24, 2.45) is 10.9 Å². The van der Waals surface area contributed by atoms with E-state index < -0.39 is 5.97 Å². The third-order valence-corrected chi connectivity index (χ3v) is 4.81. The number of hydrogen-bond donors (Lipinski definition) is 0. The number of carbonyl (C=O) groups excluding carboxylic acids is 2. The number of cyclic esters (lactones) is 1. The first-order valence-electron chi connectivity index (χ1n) is 9.86. The first-order chi connectivity index (χ1) is 15.0. The van der Waals surface area contributed by atoms with E-state index in [0.717, 1.165) is 16.3 Å². The topological polar surface area (TPSA) is 74.2 Å². The summed E-state index contributed by atoms with van der Waals surface area (Å²) in [4.78, 5) is 28.9. The van der Waals surface area contributed by atoms with E-state index in [9.17, 15) is 9.59 Å². The second-order valence-electron chi connectivity index (χ2n) is 7.35. The molecule has 0 atom stereocenters. The lowest BCUT2D eigenvalue weighted by Gasteiger charge is -2.11. The van der Waals surface area contributed by atoms with Crippen molar-refractivity contribution in [2.45, 2.75) is 13.8 Å². The second kappa shape index (κ2) is 8.44. The number of rotatable bonds is 5. The van der Waals surface area contributed by atoms with Gasteiger partial charge < -0.3 is 14.2 Å². The zero-order valence-corrected chi connectivity index (χ0v) is 17.4. The number of aliphatic imine (C=N–C) groups is 1. The molecule has 1 aliphatic heterocycles. The predicted octanol–water partition coefficient (Wildman–Crippen LogP) is 4.75. The largest absolute Gasteiger partial charge is 0.493 e. The maximum absolute atomic E-state index is 12.5. The fraction of sp³-hybridized carbons (Fsp3) is 0.160. The molecule has 0 saturated carbocycles. The third kappa shape index (κ3) is 4.19. The van der Waals surface area contributed by atoms with E-state index in [1.165, 1.54) is 7.11 Å². The SMILES string of the molecule is COc1ccc(C=C2N=C(c3cccc4ccccc34)OC2=O)cc1OC(=O)C(C)C. The Bertz CT molecular complexity index is 1230. The lowest BCUT2D eigenvalue weighted by Crippen LogP contribution is -2.15. The number of carbonyl (C=O) groups is 2. The van der Waals surface area contributed by atoms with Crippen LogP contribution in [0.1, 0.15) is 25.0 Å². The molecule has 0 amide bonds. The van der Waals surface area contributed by atoms with E-state index in [2.05, 4.69) is 4.99 Å². The minimum absolute atomic E-state index is 0.161. The van der Waals surface area contributed by atoms with Crippen LogP contribution in [0.2, 0.25) is 0 Å². The Hall–Kier alpha value is -3.93. The molecular formula is C25H21NO5. The maximum Gasteiger partial charge on any atom is 0.363 e. The van der Waals surface area contributed by atoms with Crippen molar-refractivity contribution in [1.29, 1.82) is 0 Å². The predicted molar refractivity (Wildman–Crippen MR) is 118 cm³/mol. The number of methoxy groups -OCH3 is 1. The summed E-state index contributed by atoms with van der Waals surface area (Å²) in [6, 6.07) is 18.6. The van der Waals surface area contributed by atoms with Gasteiger partial charge in [-0.25, -0.2) is 9.79 Å². The van der Waals surface area contributed by atoms with Crippen molar-refractivity contribution in [3.63, 3.8) is 0 Å². The summed E-state index contributed by atoms with van der Waals surface area (Å²) in [5, 5.41) is 1.98. The normalized spacial score (nSPS) is 14.6. The van der Waals surface area contributed by atoms with Crippen molar-refractivity contribution in [3.05, 3.63) is 77.5 Å². The van der Waals surface area contributed by atoms with Crippen LogP contribution >= 0.6 is 0 Å². The van der Waals surface area contributed by atoms with Crippen molar-refractivity contribution in [1.82, 2.24) is 0 Å². The standard InChI is InChI=1S/C25H21NO5/c1-15(2)24(27)30-22-14-16(11-12-21(22)29-3)13-20-25(28)31-23(26-20)19-10-6-8-17-7-4-5-9-18(17)19/h4-15H,1-3H3. The van der Waals surface area contributed by atoms with E-state index in [0.29, 0.717) is 11.3 Å². The summed E-state index contributed by atoms with van der Waals surface area (Å²) >= 11 is 0. The fourth-order valence-electron chi connectivity index (χ4n) is 3.18. The molecule has 1 heterocycles. The Labute approximate surface area is 179 Å². The van der Waals surface area contributed by atoms with Crippen molar-refractivity contribution in [2.75, 3.05) is 7.11 Å².